The molecule has 1 atom stereocenters. The average Bonchev–Trinajstić information content (AvgIpc) is 2.36. The standard InChI is InChI=1S/C15H25NO2/c1-4-14(16)11-13-5-7-15(8-6-13)18-10-9-17-12(2)3/h5-8,12,14H,4,9-11,16H2,1-3H3. The summed E-state index contributed by atoms with van der Waals surface area (Å²) in [7, 11) is 0. The normalized spacial score (nSPS) is 12.7. The van der Waals surface area contributed by atoms with Crippen LogP contribution in [0.3, 0.4) is 0 Å². The number of benzene rings is 1. The van der Waals surface area contributed by atoms with E-state index in [1.54, 1.807) is 0 Å². The zero-order valence-electron chi connectivity index (χ0n) is 11.7. The Morgan fingerprint density at radius 3 is 2.33 bits per heavy atom. The molecule has 0 fully saturated rings. The molecule has 0 aliphatic carbocycles. The van der Waals surface area contributed by atoms with E-state index in [4.69, 9.17) is 15.2 Å². The highest BCUT2D eigenvalue weighted by molar-refractivity contribution is 5.27. The highest BCUT2D eigenvalue weighted by Gasteiger charge is 2.02. The van der Waals surface area contributed by atoms with Crippen LogP contribution >= 0.6 is 0 Å². The number of ether oxygens (including phenoxy) is 2. The predicted octanol–water partition coefficient (Wildman–Crippen LogP) is 2.77. The van der Waals surface area contributed by atoms with Crippen molar-refractivity contribution >= 4 is 0 Å². The van der Waals surface area contributed by atoms with Gasteiger partial charge < -0.3 is 15.2 Å². The Bertz CT molecular complexity index is 322. The van der Waals surface area contributed by atoms with Gasteiger partial charge in [0.1, 0.15) is 12.4 Å². The molecule has 0 bridgehead atoms. The van der Waals surface area contributed by atoms with Crippen molar-refractivity contribution in [1.29, 1.82) is 0 Å². The highest BCUT2D eigenvalue weighted by atomic mass is 16.5. The minimum Gasteiger partial charge on any atom is -0.491 e. The van der Waals surface area contributed by atoms with Crippen molar-refractivity contribution < 1.29 is 9.47 Å². The van der Waals surface area contributed by atoms with E-state index < -0.39 is 0 Å². The fraction of sp³-hybridized carbons (Fsp3) is 0.600. The first-order valence-electron chi connectivity index (χ1n) is 6.70. The maximum Gasteiger partial charge on any atom is 0.119 e. The maximum absolute atomic E-state index is 5.92. The molecular weight excluding hydrogens is 226 g/mol. The smallest absolute Gasteiger partial charge is 0.119 e. The van der Waals surface area contributed by atoms with E-state index in [0.29, 0.717) is 13.2 Å². The van der Waals surface area contributed by atoms with Crippen LogP contribution in [0.1, 0.15) is 32.8 Å². The summed E-state index contributed by atoms with van der Waals surface area (Å²) in [5.41, 5.74) is 7.18. The summed E-state index contributed by atoms with van der Waals surface area (Å²) in [4.78, 5) is 0. The van der Waals surface area contributed by atoms with Gasteiger partial charge in [0, 0.05) is 6.04 Å². The molecule has 0 aromatic heterocycles. The van der Waals surface area contributed by atoms with Crippen molar-refractivity contribution in [2.24, 2.45) is 5.73 Å². The predicted molar refractivity (Wildman–Crippen MR) is 75.0 cm³/mol. The van der Waals surface area contributed by atoms with Gasteiger partial charge in [0.15, 0.2) is 0 Å². The van der Waals surface area contributed by atoms with Crippen LogP contribution < -0.4 is 10.5 Å². The second kappa shape index (κ2) is 8.11. The van der Waals surface area contributed by atoms with Crippen LogP contribution in [0.25, 0.3) is 0 Å². The summed E-state index contributed by atoms with van der Waals surface area (Å²) in [5.74, 6) is 0.885. The molecular formula is C15H25NO2. The van der Waals surface area contributed by atoms with Gasteiger partial charge in [-0.05, 0) is 44.4 Å². The summed E-state index contributed by atoms with van der Waals surface area (Å²) in [6.45, 7) is 7.36. The maximum atomic E-state index is 5.92. The lowest BCUT2D eigenvalue weighted by atomic mass is 10.0. The third-order valence-electron chi connectivity index (χ3n) is 2.75. The molecule has 3 heteroatoms. The Balaban J connectivity index is 2.31. The lowest BCUT2D eigenvalue weighted by Gasteiger charge is -2.11. The summed E-state index contributed by atoms with van der Waals surface area (Å²) >= 11 is 0. The van der Waals surface area contributed by atoms with Gasteiger partial charge in [-0.1, -0.05) is 19.1 Å². The Morgan fingerprint density at radius 2 is 1.78 bits per heavy atom. The topological polar surface area (TPSA) is 44.5 Å². The molecule has 102 valence electrons. The Hall–Kier alpha value is -1.06. The van der Waals surface area contributed by atoms with Crippen molar-refractivity contribution in [3.8, 4) is 5.75 Å². The van der Waals surface area contributed by atoms with Crippen LogP contribution in [0.4, 0.5) is 0 Å². The molecule has 3 nitrogen and oxygen atoms in total. The van der Waals surface area contributed by atoms with Gasteiger partial charge in [0.2, 0.25) is 0 Å². The van der Waals surface area contributed by atoms with Crippen LogP contribution in [-0.2, 0) is 11.2 Å². The lowest BCUT2D eigenvalue weighted by Crippen LogP contribution is -2.21. The van der Waals surface area contributed by atoms with Gasteiger partial charge in [-0.15, -0.1) is 0 Å². The minimum absolute atomic E-state index is 0.246. The van der Waals surface area contributed by atoms with Crippen molar-refractivity contribution in [2.45, 2.75) is 45.8 Å². The van der Waals surface area contributed by atoms with Crippen LogP contribution in [0.15, 0.2) is 24.3 Å². The second-order valence-electron chi connectivity index (χ2n) is 4.78. The molecule has 0 spiro atoms. The first-order valence-corrected chi connectivity index (χ1v) is 6.70. The molecule has 1 unspecified atom stereocenters. The number of rotatable bonds is 8. The lowest BCUT2D eigenvalue weighted by molar-refractivity contribution is 0.0552. The quantitative estimate of drug-likeness (QED) is 0.723. The molecule has 2 N–H and O–H groups in total. The molecule has 0 aliphatic heterocycles. The van der Waals surface area contributed by atoms with Gasteiger partial charge >= 0.3 is 0 Å². The summed E-state index contributed by atoms with van der Waals surface area (Å²) in [6.07, 6.45) is 2.18. The van der Waals surface area contributed by atoms with Crippen molar-refractivity contribution in [3.63, 3.8) is 0 Å². The largest absolute Gasteiger partial charge is 0.491 e. The van der Waals surface area contributed by atoms with E-state index in [-0.39, 0.29) is 12.1 Å². The highest BCUT2D eigenvalue weighted by Crippen LogP contribution is 2.13. The average molecular weight is 251 g/mol. The van der Waals surface area contributed by atoms with Crippen molar-refractivity contribution in [2.75, 3.05) is 13.2 Å². The van der Waals surface area contributed by atoms with Gasteiger partial charge in [0.05, 0.1) is 12.7 Å². The zero-order chi connectivity index (χ0) is 13.4. The Morgan fingerprint density at radius 1 is 1.11 bits per heavy atom. The first kappa shape index (κ1) is 15.0. The summed E-state index contributed by atoms with van der Waals surface area (Å²) in [5, 5.41) is 0. The van der Waals surface area contributed by atoms with E-state index in [1.165, 1.54) is 5.56 Å². The Labute approximate surface area is 110 Å². The third kappa shape index (κ3) is 6.03. The SMILES string of the molecule is CCC(N)Cc1ccc(OCCOC(C)C)cc1. The van der Waals surface area contributed by atoms with E-state index in [2.05, 4.69) is 19.1 Å². The summed E-state index contributed by atoms with van der Waals surface area (Å²) in [6, 6.07) is 8.39. The van der Waals surface area contributed by atoms with Gasteiger partial charge in [-0.2, -0.15) is 0 Å². The Kier molecular flexibility index (Phi) is 6.76. The molecule has 0 amide bonds. The zero-order valence-corrected chi connectivity index (χ0v) is 11.7. The van der Waals surface area contributed by atoms with E-state index in [9.17, 15) is 0 Å². The van der Waals surface area contributed by atoms with Crippen LogP contribution in [0, 0.1) is 0 Å². The third-order valence-corrected chi connectivity index (χ3v) is 2.75. The summed E-state index contributed by atoms with van der Waals surface area (Å²) < 4.78 is 11.0. The minimum atomic E-state index is 0.246. The molecule has 1 aromatic carbocycles. The molecule has 0 radical (unpaired) electrons. The van der Waals surface area contributed by atoms with Crippen LogP contribution in [-0.4, -0.2) is 25.4 Å². The van der Waals surface area contributed by atoms with Crippen LogP contribution in [0.5, 0.6) is 5.75 Å². The van der Waals surface area contributed by atoms with Gasteiger partial charge in [0.25, 0.3) is 0 Å². The number of hydrogen-bond donors (Lipinski definition) is 1. The van der Waals surface area contributed by atoms with E-state index in [1.807, 2.05) is 26.0 Å². The molecule has 18 heavy (non-hydrogen) atoms. The second-order valence-corrected chi connectivity index (χ2v) is 4.78. The first-order chi connectivity index (χ1) is 8.61. The molecule has 0 saturated heterocycles. The van der Waals surface area contributed by atoms with Gasteiger partial charge in [-0.3, -0.25) is 0 Å². The molecule has 0 saturated carbocycles. The van der Waals surface area contributed by atoms with Crippen molar-refractivity contribution in [1.82, 2.24) is 0 Å². The fourth-order valence-electron chi connectivity index (χ4n) is 1.61. The molecule has 1 aromatic rings. The van der Waals surface area contributed by atoms with E-state index >= 15 is 0 Å². The van der Waals surface area contributed by atoms with E-state index in [0.717, 1.165) is 18.6 Å². The monoisotopic (exact) mass is 251 g/mol. The molecule has 1 rings (SSSR count). The molecule has 0 heterocycles. The fourth-order valence-corrected chi connectivity index (χ4v) is 1.61. The van der Waals surface area contributed by atoms with Crippen molar-refractivity contribution in [3.05, 3.63) is 29.8 Å². The van der Waals surface area contributed by atoms with Crippen LogP contribution in [0.2, 0.25) is 0 Å². The van der Waals surface area contributed by atoms with Gasteiger partial charge in [-0.25, -0.2) is 0 Å². The molecule has 0 aliphatic rings. The number of nitrogens with two attached hydrogens (primary N) is 1. The number of hydrogen-bond acceptors (Lipinski definition) is 3.